The molecule has 132 valence electrons. The molecule has 0 spiro atoms. The number of rotatable bonds is 4. The van der Waals surface area contributed by atoms with Crippen molar-refractivity contribution in [1.29, 1.82) is 5.26 Å². The van der Waals surface area contributed by atoms with Gasteiger partial charge in [-0.2, -0.15) is 5.26 Å². The van der Waals surface area contributed by atoms with Gasteiger partial charge in [0.05, 0.1) is 22.7 Å². The second-order valence-corrected chi connectivity index (χ2v) is 7.25. The lowest BCUT2D eigenvalue weighted by Gasteiger charge is -2.17. The number of likely N-dealkylation sites (tertiary alicyclic amines) is 1. The third kappa shape index (κ3) is 3.29. The Kier molecular flexibility index (Phi) is 4.36. The van der Waals surface area contributed by atoms with Crippen LogP contribution >= 0.6 is 0 Å². The van der Waals surface area contributed by atoms with Crippen LogP contribution in [0.2, 0.25) is 0 Å². The van der Waals surface area contributed by atoms with E-state index in [0.717, 1.165) is 42.9 Å². The van der Waals surface area contributed by atoms with Gasteiger partial charge in [-0.25, -0.2) is 4.98 Å². The third-order valence-electron chi connectivity index (χ3n) is 5.15. The number of hydrogen-bond acceptors (Lipinski definition) is 4. The number of nitrogens with zero attached hydrogens (tertiary/aromatic N) is 4. The summed E-state index contributed by atoms with van der Waals surface area (Å²) >= 11 is 0. The maximum Gasteiger partial charge on any atom is 0.111 e. The van der Waals surface area contributed by atoms with Crippen molar-refractivity contribution in [2.75, 3.05) is 32.1 Å². The first-order valence-corrected chi connectivity index (χ1v) is 9.01. The fourth-order valence-corrected chi connectivity index (χ4v) is 3.65. The minimum Gasteiger partial charge on any atom is -0.378 e. The van der Waals surface area contributed by atoms with Gasteiger partial charge in [0.1, 0.15) is 5.82 Å². The molecule has 0 bridgehead atoms. The second kappa shape index (κ2) is 6.81. The van der Waals surface area contributed by atoms with Crippen LogP contribution < -0.4 is 4.90 Å². The first kappa shape index (κ1) is 16.6. The number of nitrogens with one attached hydrogen (secondary N) is 1. The number of aromatic nitrogens is 2. The standard InChI is InChI=1S/C21H23N5/c1-25(2)18-6-3-15(4-7-18)13-26-10-9-17(14-26)21-23-19-8-5-16(12-22)11-20(19)24-21/h3-8,11,17H,9-10,13-14H2,1-2H3,(H,23,24). The summed E-state index contributed by atoms with van der Waals surface area (Å²) in [5.41, 5.74) is 5.14. The average molecular weight is 345 g/mol. The Morgan fingerprint density at radius 3 is 2.77 bits per heavy atom. The predicted octanol–water partition coefficient (Wildman–Crippen LogP) is 3.49. The number of nitriles is 1. The van der Waals surface area contributed by atoms with Crippen molar-refractivity contribution in [3.63, 3.8) is 0 Å². The van der Waals surface area contributed by atoms with Crippen LogP contribution in [-0.2, 0) is 6.54 Å². The number of aromatic amines is 1. The summed E-state index contributed by atoms with van der Waals surface area (Å²) in [6.45, 7) is 3.07. The molecule has 4 rings (SSSR count). The average Bonchev–Trinajstić information content (AvgIpc) is 3.28. The number of fused-ring (bicyclic) bond motifs is 1. The quantitative estimate of drug-likeness (QED) is 0.786. The van der Waals surface area contributed by atoms with E-state index in [1.165, 1.54) is 11.3 Å². The highest BCUT2D eigenvalue weighted by Gasteiger charge is 2.26. The molecule has 0 saturated carbocycles. The molecule has 1 atom stereocenters. The van der Waals surface area contributed by atoms with Gasteiger partial charge in [0.25, 0.3) is 0 Å². The highest BCUT2D eigenvalue weighted by molar-refractivity contribution is 5.76. The molecule has 0 radical (unpaired) electrons. The van der Waals surface area contributed by atoms with Crippen LogP contribution in [0.3, 0.4) is 0 Å². The van der Waals surface area contributed by atoms with Crippen LogP contribution in [0.25, 0.3) is 11.0 Å². The van der Waals surface area contributed by atoms with E-state index in [2.05, 4.69) is 59.2 Å². The molecular weight excluding hydrogens is 322 g/mol. The highest BCUT2D eigenvalue weighted by atomic mass is 15.2. The maximum absolute atomic E-state index is 9.04. The van der Waals surface area contributed by atoms with Crippen LogP contribution in [-0.4, -0.2) is 42.1 Å². The molecule has 5 nitrogen and oxygen atoms in total. The predicted molar refractivity (Wildman–Crippen MR) is 104 cm³/mol. The zero-order valence-corrected chi connectivity index (χ0v) is 15.2. The van der Waals surface area contributed by atoms with Crippen LogP contribution in [0.1, 0.15) is 29.3 Å². The Bertz CT molecular complexity index is 949. The number of hydrogen-bond donors (Lipinski definition) is 1. The smallest absolute Gasteiger partial charge is 0.111 e. The zero-order chi connectivity index (χ0) is 18.1. The van der Waals surface area contributed by atoms with E-state index in [1.807, 2.05) is 18.2 Å². The Morgan fingerprint density at radius 2 is 2.04 bits per heavy atom. The number of benzene rings is 2. The van der Waals surface area contributed by atoms with E-state index in [9.17, 15) is 0 Å². The van der Waals surface area contributed by atoms with Crippen LogP contribution in [0, 0.1) is 11.3 Å². The van der Waals surface area contributed by atoms with Gasteiger partial charge in [-0.15, -0.1) is 0 Å². The summed E-state index contributed by atoms with van der Waals surface area (Å²) in [6.07, 6.45) is 1.11. The highest BCUT2D eigenvalue weighted by Crippen LogP contribution is 2.28. The lowest BCUT2D eigenvalue weighted by Crippen LogP contribution is -2.20. The first-order valence-electron chi connectivity index (χ1n) is 9.01. The topological polar surface area (TPSA) is 58.9 Å². The molecule has 1 saturated heterocycles. The molecule has 5 heteroatoms. The number of imidazole rings is 1. The van der Waals surface area contributed by atoms with E-state index in [-0.39, 0.29) is 0 Å². The normalized spacial score (nSPS) is 17.5. The van der Waals surface area contributed by atoms with E-state index in [1.54, 1.807) is 0 Å². The minimum absolute atomic E-state index is 0.425. The summed E-state index contributed by atoms with van der Waals surface area (Å²) in [7, 11) is 4.12. The van der Waals surface area contributed by atoms with Gasteiger partial charge in [0, 0.05) is 38.8 Å². The minimum atomic E-state index is 0.425. The lowest BCUT2D eigenvalue weighted by atomic mass is 10.1. The summed E-state index contributed by atoms with van der Waals surface area (Å²) in [4.78, 5) is 12.8. The Balaban J connectivity index is 1.44. The van der Waals surface area contributed by atoms with Crippen molar-refractivity contribution >= 4 is 16.7 Å². The van der Waals surface area contributed by atoms with Crippen molar-refractivity contribution in [3.05, 3.63) is 59.4 Å². The molecule has 3 aromatic rings. The number of anilines is 1. The Hall–Kier alpha value is -2.84. The van der Waals surface area contributed by atoms with Crippen molar-refractivity contribution in [2.24, 2.45) is 0 Å². The molecule has 1 aliphatic heterocycles. The molecule has 1 N–H and O–H groups in total. The van der Waals surface area contributed by atoms with Gasteiger partial charge in [0.15, 0.2) is 0 Å². The van der Waals surface area contributed by atoms with Gasteiger partial charge in [0.2, 0.25) is 0 Å². The molecular formula is C21H23N5. The summed E-state index contributed by atoms with van der Waals surface area (Å²) in [5, 5.41) is 9.04. The van der Waals surface area contributed by atoms with Gasteiger partial charge < -0.3 is 9.88 Å². The van der Waals surface area contributed by atoms with Crippen molar-refractivity contribution in [3.8, 4) is 6.07 Å². The molecule has 26 heavy (non-hydrogen) atoms. The van der Waals surface area contributed by atoms with E-state index in [4.69, 9.17) is 10.2 Å². The zero-order valence-electron chi connectivity index (χ0n) is 15.2. The lowest BCUT2D eigenvalue weighted by molar-refractivity contribution is 0.326. The SMILES string of the molecule is CN(C)c1ccc(CN2CCC(c3nc4ccc(C#N)cc4[nH]3)C2)cc1. The van der Waals surface area contributed by atoms with Crippen molar-refractivity contribution in [2.45, 2.75) is 18.9 Å². The summed E-state index contributed by atoms with van der Waals surface area (Å²) in [6, 6.07) is 16.6. The summed E-state index contributed by atoms with van der Waals surface area (Å²) in [5.74, 6) is 1.47. The fraction of sp³-hybridized carbons (Fsp3) is 0.333. The molecule has 2 heterocycles. The Morgan fingerprint density at radius 1 is 1.23 bits per heavy atom. The largest absolute Gasteiger partial charge is 0.378 e. The van der Waals surface area contributed by atoms with Gasteiger partial charge in [-0.05, 0) is 48.9 Å². The molecule has 1 unspecified atom stereocenters. The first-order chi connectivity index (χ1) is 12.6. The number of H-pyrrole nitrogens is 1. The fourth-order valence-electron chi connectivity index (χ4n) is 3.65. The van der Waals surface area contributed by atoms with Crippen molar-refractivity contribution in [1.82, 2.24) is 14.9 Å². The van der Waals surface area contributed by atoms with Crippen LogP contribution in [0.15, 0.2) is 42.5 Å². The summed E-state index contributed by atoms with van der Waals surface area (Å²) < 4.78 is 0. The maximum atomic E-state index is 9.04. The second-order valence-electron chi connectivity index (χ2n) is 7.25. The van der Waals surface area contributed by atoms with Gasteiger partial charge in [-0.3, -0.25) is 4.90 Å². The van der Waals surface area contributed by atoms with E-state index in [0.29, 0.717) is 11.5 Å². The van der Waals surface area contributed by atoms with Crippen LogP contribution in [0.5, 0.6) is 0 Å². The van der Waals surface area contributed by atoms with E-state index >= 15 is 0 Å². The van der Waals surface area contributed by atoms with Crippen molar-refractivity contribution < 1.29 is 0 Å². The Labute approximate surface area is 153 Å². The van der Waals surface area contributed by atoms with Gasteiger partial charge >= 0.3 is 0 Å². The monoisotopic (exact) mass is 345 g/mol. The molecule has 1 aromatic heterocycles. The van der Waals surface area contributed by atoms with Gasteiger partial charge in [-0.1, -0.05) is 12.1 Å². The van der Waals surface area contributed by atoms with Crippen LogP contribution in [0.4, 0.5) is 5.69 Å². The third-order valence-corrected chi connectivity index (χ3v) is 5.15. The molecule has 2 aromatic carbocycles. The molecule has 0 amide bonds. The molecule has 1 aliphatic rings. The molecule has 1 fully saturated rings. The van der Waals surface area contributed by atoms with E-state index < -0.39 is 0 Å². The molecule has 0 aliphatic carbocycles.